The monoisotopic (exact) mass is 398 g/mol. The SMILES string of the molecule is O=C(Cc1csc(NC(=O)c2ccccc2)n1)NNC(=O)c1ccccc1F. The molecule has 0 bridgehead atoms. The van der Waals surface area contributed by atoms with Gasteiger partial charge in [0.15, 0.2) is 5.13 Å². The summed E-state index contributed by atoms with van der Waals surface area (Å²) < 4.78 is 13.5. The zero-order valence-corrected chi connectivity index (χ0v) is 15.3. The Labute approximate surface area is 163 Å². The summed E-state index contributed by atoms with van der Waals surface area (Å²) in [7, 11) is 0. The number of aromatic nitrogens is 1. The highest BCUT2D eigenvalue weighted by molar-refractivity contribution is 7.14. The van der Waals surface area contributed by atoms with Crippen molar-refractivity contribution in [3.05, 3.63) is 82.6 Å². The van der Waals surface area contributed by atoms with Gasteiger partial charge in [0.25, 0.3) is 11.8 Å². The Hall–Kier alpha value is -3.59. The van der Waals surface area contributed by atoms with E-state index in [1.165, 1.54) is 29.5 Å². The Morgan fingerprint density at radius 3 is 2.39 bits per heavy atom. The molecule has 0 saturated heterocycles. The molecule has 0 radical (unpaired) electrons. The zero-order valence-electron chi connectivity index (χ0n) is 14.4. The van der Waals surface area contributed by atoms with Crippen LogP contribution in [0.1, 0.15) is 26.4 Å². The lowest BCUT2D eigenvalue weighted by molar-refractivity contribution is -0.121. The van der Waals surface area contributed by atoms with E-state index >= 15 is 0 Å². The van der Waals surface area contributed by atoms with Gasteiger partial charge in [0.2, 0.25) is 5.91 Å². The normalized spacial score (nSPS) is 10.2. The first kappa shape index (κ1) is 19.2. The molecule has 3 rings (SSSR count). The molecule has 0 fully saturated rings. The summed E-state index contributed by atoms with van der Waals surface area (Å²) in [5.41, 5.74) is 5.09. The third-order valence-corrected chi connectivity index (χ3v) is 4.39. The highest BCUT2D eigenvalue weighted by Crippen LogP contribution is 2.17. The Balaban J connectivity index is 1.51. The van der Waals surface area contributed by atoms with Gasteiger partial charge in [-0.1, -0.05) is 30.3 Å². The molecule has 0 aliphatic rings. The molecule has 7 nitrogen and oxygen atoms in total. The molecule has 0 saturated carbocycles. The first-order chi connectivity index (χ1) is 13.5. The highest BCUT2D eigenvalue weighted by Gasteiger charge is 2.14. The van der Waals surface area contributed by atoms with Crippen molar-refractivity contribution in [1.29, 1.82) is 0 Å². The molecule has 142 valence electrons. The van der Waals surface area contributed by atoms with Gasteiger partial charge in [-0.25, -0.2) is 9.37 Å². The van der Waals surface area contributed by atoms with Crippen molar-refractivity contribution in [3.63, 3.8) is 0 Å². The van der Waals surface area contributed by atoms with E-state index in [2.05, 4.69) is 21.2 Å². The predicted molar refractivity (Wildman–Crippen MR) is 102 cm³/mol. The fourth-order valence-electron chi connectivity index (χ4n) is 2.25. The maximum absolute atomic E-state index is 13.5. The van der Waals surface area contributed by atoms with Gasteiger partial charge in [0.05, 0.1) is 17.7 Å². The third kappa shape index (κ3) is 4.98. The van der Waals surface area contributed by atoms with Crippen LogP contribution in [0.25, 0.3) is 0 Å². The lowest BCUT2D eigenvalue weighted by Gasteiger charge is -2.07. The van der Waals surface area contributed by atoms with Gasteiger partial charge >= 0.3 is 0 Å². The quantitative estimate of drug-likeness (QED) is 0.575. The van der Waals surface area contributed by atoms with Gasteiger partial charge < -0.3 is 0 Å². The van der Waals surface area contributed by atoms with E-state index < -0.39 is 17.6 Å². The zero-order chi connectivity index (χ0) is 19.9. The third-order valence-electron chi connectivity index (χ3n) is 3.58. The van der Waals surface area contributed by atoms with Crippen molar-refractivity contribution in [2.75, 3.05) is 5.32 Å². The second-order valence-corrected chi connectivity index (χ2v) is 6.48. The number of nitrogens with zero attached hydrogens (tertiary/aromatic N) is 1. The molecule has 0 unspecified atom stereocenters. The van der Waals surface area contributed by atoms with Crippen molar-refractivity contribution in [2.24, 2.45) is 0 Å². The van der Waals surface area contributed by atoms with E-state index in [-0.39, 0.29) is 17.9 Å². The predicted octanol–water partition coefficient (Wildman–Crippen LogP) is 2.54. The molecule has 3 amide bonds. The summed E-state index contributed by atoms with van der Waals surface area (Å²) in [6, 6.07) is 14.1. The number of thiazole rings is 1. The summed E-state index contributed by atoms with van der Waals surface area (Å²) in [5.74, 6) is -2.29. The highest BCUT2D eigenvalue weighted by atomic mass is 32.1. The van der Waals surface area contributed by atoms with Gasteiger partial charge in [-0.05, 0) is 24.3 Å². The number of hydrogen-bond donors (Lipinski definition) is 3. The van der Waals surface area contributed by atoms with Gasteiger partial charge in [-0.2, -0.15) is 0 Å². The molecule has 9 heteroatoms. The minimum absolute atomic E-state index is 0.116. The summed E-state index contributed by atoms with van der Waals surface area (Å²) in [6.45, 7) is 0. The number of amides is 3. The Bertz CT molecular complexity index is 1010. The number of carbonyl (C=O) groups is 3. The molecule has 0 spiro atoms. The second-order valence-electron chi connectivity index (χ2n) is 5.62. The molecule has 3 aromatic rings. The minimum atomic E-state index is -0.763. The molecule has 1 heterocycles. The number of hydrogen-bond acceptors (Lipinski definition) is 5. The number of rotatable bonds is 5. The molecule has 28 heavy (non-hydrogen) atoms. The molecule has 0 aliphatic carbocycles. The van der Waals surface area contributed by atoms with Crippen LogP contribution in [0.5, 0.6) is 0 Å². The van der Waals surface area contributed by atoms with Crippen LogP contribution in [0.15, 0.2) is 60.0 Å². The van der Waals surface area contributed by atoms with Crippen LogP contribution in [0, 0.1) is 5.82 Å². The van der Waals surface area contributed by atoms with E-state index in [9.17, 15) is 18.8 Å². The fraction of sp³-hybridized carbons (Fsp3) is 0.0526. The molecular weight excluding hydrogens is 383 g/mol. The molecule has 3 N–H and O–H groups in total. The maximum Gasteiger partial charge on any atom is 0.272 e. The van der Waals surface area contributed by atoms with E-state index in [1.54, 1.807) is 29.6 Å². The van der Waals surface area contributed by atoms with Crippen LogP contribution in [-0.4, -0.2) is 22.7 Å². The van der Waals surface area contributed by atoms with E-state index in [0.717, 1.165) is 6.07 Å². The van der Waals surface area contributed by atoms with Gasteiger partial charge in [0, 0.05) is 10.9 Å². The maximum atomic E-state index is 13.5. The molecule has 1 aromatic heterocycles. The number of benzene rings is 2. The van der Waals surface area contributed by atoms with E-state index in [0.29, 0.717) is 16.4 Å². The first-order valence-corrected chi connectivity index (χ1v) is 9.05. The van der Waals surface area contributed by atoms with Crippen LogP contribution < -0.4 is 16.2 Å². The fourth-order valence-corrected chi connectivity index (χ4v) is 2.96. The van der Waals surface area contributed by atoms with Gasteiger partial charge in [-0.3, -0.25) is 30.6 Å². The average Bonchev–Trinajstić information content (AvgIpc) is 3.13. The van der Waals surface area contributed by atoms with E-state index in [1.807, 2.05) is 6.07 Å². The molecular formula is C19H15FN4O3S. The summed E-state index contributed by atoms with van der Waals surface area (Å²) in [5, 5.41) is 4.63. The smallest absolute Gasteiger partial charge is 0.272 e. The number of hydrazine groups is 1. The Morgan fingerprint density at radius 2 is 1.64 bits per heavy atom. The lowest BCUT2D eigenvalue weighted by atomic mass is 10.2. The summed E-state index contributed by atoms with van der Waals surface area (Å²) in [6.07, 6.45) is -0.116. The van der Waals surface area contributed by atoms with Crippen LogP contribution in [0.4, 0.5) is 9.52 Å². The largest absolute Gasteiger partial charge is 0.298 e. The van der Waals surface area contributed by atoms with Crippen molar-refractivity contribution >= 4 is 34.2 Å². The van der Waals surface area contributed by atoms with Crippen molar-refractivity contribution < 1.29 is 18.8 Å². The Kier molecular flexibility index (Phi) is 6.07. The second kappa shape index (κ2) is 8.87. The topological polar surface area (TPSA) is 100 Å². The first-order valence-electron chi connectivity index (χ1n) is 8.17. The van der Waals surface area contributed by atoms with Crippen LogP contribution >= 0.6 is 11.3 Å². The van der Waals surface area contributed by atoms with Crippen LogP contribution in [-0.2, 0) is 11.2 Å². The number of anilines is 1. The molecule has 0 atom stereocenters. The van der Waals surface area contributed by atoms with Gasteiger partial charge in [-0.15, -0.1) is 11.3 Å². The number of nitrogens with one attached hydrogen (secondary N) is 3. The standard InChI is InChI=1S/C19H15FN4O3S/c20-15-9-5-4-8-14(15)18(27)24-23-16(25)10-13-11-28-19(21-13)22-17(26)12-6-2-1-3-7-12/h1-9,11H,10H2,(H,23,25)(H,24,27)(H,21,22,26). The summed E-state index contributed by atoms with van der Waals surface area (Å²) >= 11 is 1.18. The van der Waals surface area contributed by atoms with Crippen molar-refractivity contribution in [1.82, 2.24) is 15.8 Å². The summed E-state index contributed by atoms with van der Waals surface area (Å²) in [4.78, 5) is 40.1. The molecule has 2 aromatic carbocycles. The molecule has 0 aliphatic heterocycles. The Morgan fingerprint density at radius 1 is 0.929 bits per heavy atom. The van der Waals surface area contributed by atoms with Gasteiger partial charge in [0.1, 0.15) is 5.82 Å². The van der Waals surface area contributed by atoms with Crippen LogP contribution in [0.2, 0.25) is 0 Å². The van der Waals surface area contributed by atoms with Crippen LogP contribution in [0.3, 0.4) is 0 Å². The minimum Gasteiger partial charge on any atom is -0.298 e. The number of carbonyl (C=O) groups excluding carboxylic acids is 3. The van der Waals surface area contributed by atoms with Crippen molar-refractivity contribution in [3.8, 4) is 0 Å². The lowest BCUT2D eigenvalue weighted by Crippen LogP contribution is -2.42. The van der Waals surface area contributed by atoms with E-state index in [4.69, 9.17) is 0 Å². The number of halogens is 1. The van der Waals surface area contributed by atoms with Crippen molar-refractivity contribution in [2.45, 2.75) is 6.42 Å². The average molecular weight is 398 g/mol.